The minimum atomic E-state index is -3.51. The van der Waals surface area contributed by atoms with Crippen LogP contribution in [-0.4, -0.2) is 29.5 Å². The topological polar surface area (TPSA) is 92.1 Å². The zero-order chi connectivity index (χ0) is 14.3. The van der Waals surface area contributed by atoms with E-state index in [4.69, 9.17) is 5.73 Å². The quantitative estimate of drug-likeness (QED) is 0.809. The molecule has 1 aliphatic rings. The molecule has 0 atom stereocenters. The van der Waals surface area contributed by atoms with Crippen LogP contribution in [-0.2, 0) is 23.0 Å². The molecule has 0 spiro atoms. The lowest BCUT2D eigenvalue weighted by atomic mass is 9.99. The Hall–Kier alpha value is -1.86. The molecule has 1 aromatic carbocycles. The summed E-state index contributed by atoms with van der Waals surface area (Å²) < 4.78 is 26.7. The number of rotatable bonds is 2. The average molecular weight is 292 g/mol. The molecule has 0 unspecified atom stereocenters. The monoisotopic (exact) mass is 292 g/mol. The number of aryl methyl sites for hydroxylation is 1. The molecule has 0 bridgehead atoms. The van der Waals surface area contributed by atoms with Gasteiger partial charge in [-0.3, -0.25) is 5.10 Å². The predicted molar refractivity (Wildman–Crippen MR) is 75.5 cm³/mol. The third-order valence-electron chi connectivity index (χ3n) is 3.67. The molecule has 1 aromatic heterocycles. The number of sulfonamides is 1. The molecular formula is C13H16N4O2S. The van der Waals surface area contributed by atoms with Gasteiger partial charge < -0.3 is 5.73 Å². The van der Waals surface area contributed by atoms with Crippen LogP contribution in [0.25, 0.3) is 0 Å². The molecule has 1 aliphatic heterocycles. The number of aromatic nitrogens is 2. The molecule has 2 aromatic rings. The molecule has 0 radical (unpaired) electrons. The number of hydrogen-bond donors (Lipinski definition) is 2. The smallest absolute Gasteiger partial charge is 0.246 e. The first kappa shape index (κ1) is 13.1. The van der Waals surface area contributed by atoms with Crippen LogP contribution in [0, 0.1) is 6.92 Å². The van der Waals surface area contributed by atoms with E-state index in [1.807, 2.05) is 18.2 Å². The highest BCUT2D eigenvalue weighted by atomic mass is 32.2. The number of anilines is 1. The summed E-state index contributed by atoms with van der Waals surface area (Å²) in [6, 6.07) is 5.63. The summed E-state index contributed by atoms with van der Waals surface area (Å²) in [4.78, 5) is 0.241. The van der Waals surface area contributed by atoms with E-state index in [9.17, 15) is 8.42 Å². The van der Waals surface area contributed by atoms with Crippen LogP contribution < -0.4 is 5.73 Å². The predicted octanol–water partition coefficient (Wildman–Crippen LogP) is 1.05. The molecule has 0 amide bonds. The van der Waals surface area contributed by atoms with Crippen molar-refractivity contribution < 1.29 is 8.42 Å². The summed E-state index contributed by atoms with van der Waals surface area (Å²) in [5.41, 5.74) is 9.26. The van der Waals surface area contributed by atoms with E-state index >= 15 is 0 Å². The molecule has 3 N–H and O–H groups in total. The normalized spacial score (nSPS) is 16.1. The molecule has 0 aliphatic carbocycles. The second kappa shape index (κ2) is 4.60. The number of hydrogen-bond acceptors (Lipinski definition) is 4. The molecule has 6 nitrogen and oxygen atoms in total. The lowest BCUT2D eigenvalue weighted by Crippen LogP contribution is -2.36. The SMILES string of the molecule is Cc1[nH]ncc1S(=O)(=O)N1CCc2c(N)cccc2C1. The van der Waals surface area contributed by atoms with Crippen molar-refractivity contribution in [1.29, 1.82) is 0 Å². The molecule has 20 heavy (non-hydrogen) atoms. The van der Waals surface area contributed by atoms with Gasteiger partial charge in [-0.15, -0.1) is 0 Å². The Morgan fingerprint density at radius 2 is 2.20 bits per heavy atom. The fourth-order valence-electron chi connectivity index (χ4n) is 2.56. The summed E-state index contributed by atoms with van der Waals surface area (Å²) in [6.07, 6.45) is 2.00. The fourth-order valence-corrected chi connectivity index (χ4v) is 4.09. The largest absolute Gasteiger partial charge is 0.398 e. The molecule has 0 saturated heterocycles. The second-order valence-electron chi connectivity index (χ2n) is 4.93. The Labute approximate surface area is 117 Å². The Morgan fingerprint density at radius 1 is 1.40 bits per heavy atom. The van der Waals surface area contributed by atoms with E-state index in [2.05, 4.69) is 10.2 Å². The van der Waals surface area contributed by atoms with Gasteiger partial charge in [0.15, 0.2) is 0 Å². The molecule has 0 saturated carbocycles. The first-order valence-corrected chi connectivity index (χ1v) is 7.80. The van der Waals surface area contributed by atoms with Crippen molar-refractivity contribution in [3.63, 3.8) is 0 Å². The minimum Gasteiger partial charge on any atom is -0.398 e. The van der Waals surface area contributed by atoms with Crippen LogP contribution in [0.15, 0.2) is 29.3 Å². The third-order valence-corrected chi connectivity index (χ3v) is 5.63. The van der Waals surface area contributed by atoms with Crippen molar-refractivity contribution in [2.24, 2.45) is 0 Å². The van der Waals surface area contributed by atoms with Gasteiger partial charge in [-0.25, -0.2) is 8.42 Å². The molecule has 0 fully saturated rings. The van der Waals surface area contributed by atoms with E-state index in [-0.39, 0.29) is 4.90 Å². The lowest BCUT2D eigenvalue weighted by Gasteiger charge is -2.28. The Balaban J connectivity index is 1.97. The molecular weight excluding hydrogens is 276 g/mol. The summed E-state index contributed by atoms with van der Waals surface area (Å²) in [5.74, 6) is 0. The second-order valence-corrected chi connectivity index (χ2v) is 6.84. The maximum Gasteiger partial charge on any atom is 0.246 e. The van der Waals surface area contributed by atoms with E-state index in [1.165, 1.54) is 10.5 Å². The summed E-state index contributed by atoms with van der Waals surface area (Å²) >= 11 is 0. The number of H-pyrrole nitrogens is 1. The van der Waals surface area contributed by atoms with Crippen LogP contribution >= 0.6 is 0 Å². The van der Waals surface area contributed by atoms with Crippen LogP contribution in [0.5, 0.6) is 0 Å². The zero-order valence-electron chi connectivity index (χ0n) is 11.1. The maximum atomic E-state index is 12.6. The van der Waals surface area contributed by atoms with Gasteiger partial charge in [0.1, 0.15) is 4.90 Å². The molecule has 2 heterocycles. The number of nitrogens with one attached hydrogen (secondary N) is 1. The Morgan fingerprint density at radius 3 is 2.90 bits per heavy atom. The van der Waals surface area contributed by atoms with Gasteiger partial charge in [-0.1, -0.05) is 12.1 Å². The summed E-state index contributed by atoms with van der Waals surface area (Å²) in [5, 5.41) is 6.46. The first-order chi connectivity index (χ1) is 9.50. The van der Waals surface area contributed by atoms with Gasteiger partial charge in [-0.05, 0) is 30.5 Å². The van der Waals surface area contributed by atoms with Crippen LogP contribution in [0.2, 0.25) is 0 Å². The highest BCUT2D eigenvalue weighted by Crippen LogP contribution is 2.28. The van der Waals surface area contributed by atoms with Crippen LogP contribution in [0.1, 0.15) is 16.8 Å². The Kier molecular flexibility index (Phi) is 3.02. The number of aromatic amines is 1. The van der Waals surface area contributed by atoms with Crippen molar-refractivity contribution in [3.8, 4) is 0 Å². The number of benzene rings is 1. The fraction of sp³-hybridized carbons (Fsp3) is 0.308. The van der Waals surface area contributed by atoms with E-state index in [1.54, 1.807) is 6.92 Å². The average Bonchev–Trinajstić information content (AvgIpc) is 2.85. The van der Waals surface area contributed by atoms with Crippen LogP contribution in [0.4, 0.5) is 5.69 Å². The maximum absolute atomic E-state index is 12.6. The standard InChI is InChI=1S/C13H16N4O2S/c1-9-13(7-15-16-9)20(18,19)17-6-5-11-10(8-17)3-2-4-12(11)14/h2-4,7H,5-6,8,14H2,1H3,(H,15,16). The number of nitrogen functional groups attached to an aromatic ring is 1. The summed E-state index contributed by atoms with van der Waals surface area (Å²) in [7, 11) is -3.51. The number of nitrogens with two attached hydrogens (primary N) is 1. The highest BCUT2D eigenvalue weighted by Gasteiger charge is 2.30. The molecule has 7 heteroatoms. The van der Waals surface area contributed by atoms with E-state index in [0.717, 1.165) is 16.8 Å². The van der Waals surface area contributed by atoms with Crippen molar-refractivity contribution in [2.75, 3.05) is 12.3 Å². The minimum absolute atomic E-state index is 0.241. The first-order valence-electron chi connectivity index (χ1n) is 6.36. The van der Waals surface area contributed by atoms with Crippen molar-refractivity contribution in [1.82, 2.24) is 14.5 Å². The van der Waals surface area contributed by atoms with E-state index < -0.39 is 10.0 Å². The van der Waals surface area contributed by atoms with Gasteiger partial charge in [0.25, 0.3) is 0 Å². The van der Waals surface area contributed by atoms with Gasteiger partial charge >= 0.3 is 0 Å². The van der Waals surface area contributed by atoms with Gasteiger partial charge in [0.05, 0.1) is 11.9 Å². The number of nitrogens with zero attached hydrogens (tertiary/aromatic N) is 2. The van der Waals surface area contributed by atoms with Gasteiger partial charge in [0.2, 0.25) is 10.0 Å². The van der Waals surface area contributed by atoms with Crippen molar-refractivity contribution >= 4 is 15.7 Å². The molecule has 106 valence electrons. The van der Waals surface area contributed by atoms with Crippen molar-refractivity contribution in [2.45, 2.75) is 24.8 Å². The van der Waals surface area contributed by atoms with E-state index in [0.29, 0.717) is 25.2 Å². The van der Waals surface area contributed by atoms with Crippen LogP contribution in [0.3, 0.4) is 0 Å². The molecule has 3 rings (SSSR count). The highest BCUT2D eigenvalue weighted by molar-refractivity contribution is 7.89. The zero-order valence-corrected chi connectivity index (χ0v) is 11.9. The third kappa shape index (κ3) is 1.99. The van der Waals surface area contributed by atoms with Gasteiger partial charge in [-0.2, -0.15) is 9.40 Å². The van der Waals surface area contributed by atoms with Crippen molar-refractivity contribution in [3.05, 3.63) is 41.2 Å². The lowest BCUT2D eigenvalue weighted by molar-refractivity contribution is 0.391. The Bertz CT molecular complexity index is 751. The summed E-state index contributed by atoms with van der Waals surface area (Å²) in [6.45, 7) is 2.50. The number of fused-ring (bicyclic) bond motifs is 1. The van der Waals surface area contributed by atoms with Gasteiger partial charge in [0, 0.05) is 18.8 Å².